The molecule has 0 saturated heterocycles. The van der Waals surface area contributed by atoms with E-state index in [0.717, 1.165) is 26.2 Å². The second kappa shape index (κ2) is 11.6. The van der Waals surface area contributed by atoms with Gasteiger partial charge in [-0.1, -0.05) is 27.7 Å². The van der Waals surface area contributed by atoms with Gasteiger partial charge in [0.2, 0.25) is 0 Å². The van der Waals surface area contributed by atoms with Crippen LogP contribution in [0.25, 0.3) is 0 Å². The van der Waals surface area contributed by atoms with Crippen LogP contribution >= 0.6 is 0 Å². The Morgan fingerprint density at radius 2 is 1.32 bits per heavy atom. The smallest absolute Gasteiger partial charge is 0.0701 e. The van der Waals surface area contributed by atoms with Crippen LogP contribution < -0.4 is 5.32 Å². The Bertz CT molecular complexity index is 192. The van der Waals surface area contributed by atoms with Gasteiger partial charge in [-0.3, -0.25) is 0 Å². The van der Waals surface area contributed by atoms with Crippen molar-refractivity contribution in [3.05, 3.63) is 0 Å². The van der Waals surface area contributed by atoms with Crippen molar-refractivity contribution >= 4 is 0 Å². The fraction of sp³-hybridized carbons (Fsp3) is 1.00. The molecule has 0 aliphatic rings. The van der Waals surface area contributed by atoms with Crippen molar-refractivity contribution < 1.29 is 14.2 Å². The summed E-state index contributed by atoms with van der Waals surface area (Å²) in [5, 5.41) is 3.46. The van der Waals surface area contributed by atoms with E-state index in [-0.39, 0.29) is 0 Å². The van der Waals surface area contributed by atoms with E-state index in [1.165, 1.54) is 0 Å². The number of ether oxygens (including phenoxy) is 3. The summed E-state index contributed by atoms with van der Waals surface area (Å²) in [4.78, 5) is 0. The summed E-state index contributed by atoms with van der Waals surface area (Å²) in [5.74, 6) is 0. The standard InChI is InChI=1S/C15H33NO3/c1-6-8-17-10-12-19-13-11-18-9-7-16-14(2)15(3,4)5/h14,16H,6-13H2,1-5H3. The molecule has 0 amide bonds. The van der Waals surface area contributed by atoms with E-state index < -0.39 is 0 Å². The fourth-order valence-electron chi connectivity index (χ4n) is 1.34. The van der Waals surface area contributed by atoms with Crippen molar-refractivity contribution in [2.75, 3.05) is 46.2 Å². The predicted octanol–water partition coefficient (Wildman–Crippen LogP) is 2.47. The Balaban J connectivity index is 3.15. The molecule has 1 N–H and O–H groups in total. The molecule has 0 radical (unpaired) electrons. The quantitative estimate of drug-likeness (QED) is 0.555. The minimum atomic E-state index is 0.293. The van der Waals surface area contributed by atoms with E-state index in [0.29, 0.717) is 37.9 Å². The molecule has 1 atom stereocenters. The highest BCUT2D eigenvalue weighted by Crippen LogP contribution is 2.17. The molecule has 0 bridgehead atoms. The average molecular weight is 275 g/mol. The van der Waals surface area contributed by atoms with Crippen LogP contribution in [0, 0.1) is 5.41 Å². The first-order valence-corrected chi connectivity index (χ1v) is 7.45. The molecular formula is C15H33NO3. The average Bonchev–Trinajstić information content (AvgIpc) is 2.34. The Morgan fingerprint density at radius 1 is 0.842 bits per heavy atom. The molecule has 0 heterocycles. The molecule has 0 aromatic rings. The first-order chi connectivity index (χ1) is 8.98. The van der Waals surface area contributed by atoms with E-state index in [4.69, 9.17) is 14.2 Å². The maximum atomic E-state index is 5.50. The molecule has 0 aromatic heterocycles. The normalized spacial score (nSPS) is 13.7. The monoisotopic (exact) mass is 275 g/mol. The van der Waals surface area contributed by atoms with Gasteiger partial charge in [0, 0.05) is 19.2 Å². The SMILES string of the molecule is CCCOCCOCCOCCNC(C)C(C)(C)C. The number of hydrogen-bond donors (Lipinski definition) is 1. The maximum absolute atomic E-state index is 5.50. The van der Waals surface area contributed by atoms with Crippen LogP contribution in [0.2, 0.25) is 0 Å². The van der Waals surface area contributed by atoms with E-state index in [1.807, 2.05) is 0 Å². The molecule has 0 fully saturated rings. The van der Waals surface area contributed by atoms with E-state index in [1.54, 1.807) is 0 Å². The second-order valence-electron chi connectivity index (χ2n) is 5.88. The highest BCUT2D eigenvalue weighted by atomic mass is 16.5. The van der Waals surface area contributed by atoms with Gasteiger partial charge in [-0.2, -0.15) is 0 Å². The molecule has 1 unspecified atom stereocenters. The Hall–Kier alpha value is -0.160. The largest absolute Gasteiger partial charge is 0.379 e. The third-order valence-corrected chi connectivity index (χ3v) is 3.09. The lowest BCUT2D eigenvalue weighted by atomic mass is 9.88. The van der Waals surface area contributed by atoms with E-state index >= 15 is 0 Å². The van der Waals surface area contributed by atoms with Gasteiger partial charge in [0.15, 0.2) is 0 Å². The van der Waals surface area contributed by atoms with Crippen molar-refractivity contribution in [3.63, 3.8) is 0 Å². The third-order valence-electron chi connectivity index (χ3n) is 3.09. The zero-order chi connectivity index (χ0) is 14.6. The summed E-state index contributed by atoms with van der Waals surface area (Å²) in [6.45, 7) is 16.1. The predicted molar refractivity (Wildman–Crippen MR) is 79.7 cm³/mol. The Labute approximate surface area is 119 Å². The van der Waals surface area contributed by atoms with Gasteiger partial charge < -0.3 is 19.5 Å². The molecule has 0 saturated carbocycles. The maximum Gasteiger partial charge on any atom is 0.0701 e. The molecule has 19 heavy (non-hydrogen) atoms. The molecule has 0 aliphatic carbocycles. The van der Waals surface area contributed by atoms with Crippen LogP contribution in [0.5, 0.6) is 0 Å². The number of hydrogen-bond acceptors (Lipinski definition) is 4. The zero-order valence-corrected chi connectivity index (χ0v) is 13.5. The number of nitrogens with one attached hydrogen (secondary N) is 1. The van der Waals surface area contributed by atoms with Crippen molar-refractivity contribution in [1.29, 1.82) is 0 Å². The molecule has 4 nitrogen and oxygen atoms in total. The van der Waals surface area contributed by atoms with E-state index in [9.17, 15) is 0 Å². The summed E-state index contributed by atoms with van der Waals surface area (Å²) in [7, 11) is 0. The van der Waals surface area contributed by atoms with Crippen LogP contribution in [0.4, 0.5) is 0 Å². The highest BCUT2D eigenvalue weighted by Gasteiger charge is 2.18. The summed E-state index contributed by atoms with van der Waals surface area (Å²) in [6, 6.07) is 0.489. The van der Waals surface area contributed by atoms with Crippen LogP contribution in [0.1, 0.15) is 41.0 Å². The minimum Gasteiger partial charge on any atom is -0.379 e. The van der Waals surface area contributed by atoms with Crippen molar-refractivity contribution in [2.24, 2.45) is 5.41 Å². The van der Waals surface area contributed by atoms with Crippen molar-refractivity contribution in [1.82, 2.24) is 5.32 Å². The van der Waals surface area contributed by atoms with Crippen molar-refractivity contribution in [2.45, 2.75) is 47.1 Å². The molecule has 116 valence electrons. The van der Waals surface area contributed by atoms with Crippen LogP contribution in [0.3, 0.4) is 0 Å². The zero-order valence-electron chi connectivity index (χ0n) is 13.5. The third kappa shape index (κ3) is 12.6. The summed E-state index contributed by atoms with van der Waals surface area (Å²) < 4.78 is 16.2. The lowest BCUT2D eigenvalue weighted by Crippen LogP contribution is -2.39. The van der Waals surface area contributed by atoms with Gasteiger partial charge in [-0.05, 0) is 18.8 Å². The van der Waals surface area contributed by atoms with Gasteiger partial charge in [-0.15, -0.1) is 0 Å². The highest BCUT2D eigenvalue weighted by molar-refractivity contribution is 4.75. The summed E-state index contributed by atoms with van der Waals surface area (Å²) in [6.07, 6.45) is 1.06. The lowest BCUT2D eigenvalue weighted by molar-refractivity contribution is 0.0146. The van der Waals surface area contributed by atoms with Crippen LogP contribution in [0.15, 0.2) is 0 Å². The lowest BCUT2D eigenvalue weighted by Gasteiger charge is -2.28. The van der Waals surface area contributed by atoms with Gasteiger partial charge in [0.05, 0.1) is 33.0 Å². The molecular weight excluding hydrogens is 242 g/mol. The van der Waals surface area contributed by atoms with Crippen molar-refractivity contribution in [3.8, 4) is 0 Å². The summed E-state index contributed by atoms with van der Waals surface area (Å²) >= 11 is 0. The molecule has 0 aliphatic heterocycles. The van der Waals surface area contributed by atoms with Gasteiger partial charge >= 0.3 is 0 Å². The first-order valence-electron chi connectivity index (χ1n) is 7.45. The Morgan fingerprint density at radius 3 is 1.79 bits per heavy atom. The van der Waals surface area contributed by atoms with Gasteiger partial charge in [-0.25, -0.2) is 0 Å². The van der Waals surface area contributed by atoms with Crippen LogP contribution in [-0.2, 0) is 14.2 Å². The summed E-state index contributed by atoms with van der Waals surface area (Å²) in [5.41, 5.74) is 0.293. The van der Waals surface area contributed by atoms with Crippen LogP contribution in [-0.4, -0.2) is 52.2 Å². The molecule has 0 aromatic carbocycles. The van der Waals surface area contributed by atoms with Gasteiger partial charge in [0.1, 0.15) is 0 Å². The molecule has 0 rings (SSSR count). The fourth-order valence-corrected chi connectivity index (χ4v) is 1.34. The molecule has 0 spiro atoms. The molecule has 4 heteroatoms. The Kier molecular flexibility index (Phi) is 11.6. The second-order valence-corrected chi connectivity index (χ2v) is 5.88. The first kappa shape index (κ1) is 18.8. The van der Waals surface area contributed by atoms with Gasteiger partial charge in [0.25, 0.3) is 0 Å². The number of rotatable bonds is 12. The minimum absolute atomic E-state index is 0.293. The topological polar surface area (TPSA) is 39.7 Å². The van der Waals surface area contributed by atoms with E-state index in [2.05, 4.69) is 39.9 Å².